The molecule has 1 aromatic carbocycles. The third kappa shape index (κ3) is 6.37. The Morgan fingerprint density at radius 3 is 2.43 bits per heavy atom. The molecule has 1 amide bonds. The monoisotopic (exact) mass is 342 g/mol. The summed E-state index contributed by atoms with van der Waals surface area (Å²) in [7, 11) is -3.63. The number of benzene rings is 1. The molecule has 23 heavy (non-hydrogen) atoms. The van der Waals surface area contributed by atoms with Crippen molar-refractivity contribution in [2.75, 3.05) is 24.2 Å². The maximum Gasteiger partial charge on any atom is 0.303 e. The Hall–Kier alpha value is -1.93. The number of nitrogens with one attached hydrogen (secondary N) is 1. The Balaban J connectivity index is 2.70. The van der Waals surface area contributed by atoms with Crippen molar-refractivity contribution in [3.63, 3.8) is 0 Å². The quantitative estimate of drug-likeness (QED) is 0.704. The second kappa shape index (κ2) is 8.64. The van der Waals surface area contributed by atoms with Crippen molar-refractivity contribution in [3.8, 4) is 0 Å². The Kier molecular flexibility index (Phi) is 7.18. The van der Waals surface area contributed by atoms with E-state index in [1.807, 2.05) is 0 Å². The summed E-state index contributed by atoms with van der Waals surface area (Å²) in [5.41, 5.74) is 1.21. The van der Waals surface area contributed by atoms with Crippen molar-refractivity contribution >= 4 is 27.6 Å². The number of aliphatic carboxylic acids is 1. The van der Waals surface area contributed by atoms with Gasteiger partial charge in [0.15, 0.2) is 0 Å². The summed E-state index contributed by atoms with van der Waals surface area (Å²) in [4.78, 5) is 22.5. The molecule has 0 aliphatic heterocycles. The number of anilines is 1. The third-order valence-electron chi connectivity index (χ3n) is 3.25. The molecule has 0 atom stereocenters. The van der Waals surface area contributed by atoms with Gasteiger partial charge in [0, 0.05) is 25.2 Å². The number of carbonyl (C=O) groups excluding carboxylic acids is 1. The number of carbonyl (C=O) groups is 2. The zero-order valence-corrected chi connectivity index (χ0v) is 14.1. The van der Waals surface area contributed by atoms with E-state index in [2.05, 4.69) is 5.32 Å². The zero-order valence-electron chi connectivity index (χ0n) is 13.3. The van der Waals surface area contributed by atoms with Crippen molar-refractivity contribution in [2.45, 2.75) is 26.7 Å². The first-order valence-electron chi connectivity index (χ1n) is 7.37. The van der Waals surface area contributed by atoms with Crippen molar-refractivity contribution in [1.82, 2.24) is 4.31 Å². The van der Waals surface area contributed by atoms with E-state index in [0.29, 0.717) is 25.2 Å². The topological polar surface area (TPSA) is 104 Å². The van der Waals surface area contributed by atoms with Crippen molar-refractivity contribution in [1.29, 1.82) is 0 Å². The molecule has 1 aromatic rings. The van der Waals surface area contributed by atoms with E-state index in [-0.39, 0.29) is 6.42 Å². The minimum atomic E-state index is -3.63. The van der Waals surface area contributed by atoms with Gasteiger partial charge in [0.05, 0.1) is 0 Å². The van der Waals surface area contributed by atoms with Gasteiger partial charge in [0.2, 0.25) is 15.9 Å². The fourth-order valence-corrected chi connectivity index (χ4v) is 3.50. The second-order valence-corrected chi connectivity index (χ2v) is 6.95. The van der Waals surface area contributed by atoms with Crippen LogP contribution in [0.3, 0.4) is 0 Å². The molecule has 0 heterocycles. The summed E-state index contributed by atoms with van der Waals surface area (Å²) >= 11 is 0. The number of carboxylic acids is 1. The maximum absolute atomic E-state index is 12.0. The first kappa shape index (κ1) is 19.1. The highest BCUT2D eigenvalue weighted by molar-refractivity contribution is 7.89. The Morgan fingerprint density at radius 1 is 1.22 bits per heavy atom. The summed E-state index contributed by atoms with van der Waals surface area (Å²) in [6.07, 6.45) is 0.338. The first-order chi connectivity index (χ1) is 10.8. The van der Waals surface area contributed by atoms with E-state index in [1.54, 1.807) is 38.1 Å². The standard InChI is InChI=1S/C15H22N2O5S/c1-3-17(4-2)23(21,22)11-14(18)16-13-7-5-6-12(10-13)8-9-15(19)20/h5-7,10H,3-4,8-9,11H2,1-2H3,(H,16,18)(H,19,20). The molecule has 0 radical (unpaired) electrons. The van der Waals surface area contributed by atoms with Gasteiger partial charge in [0.25, 0.3) is 0 Å². The second-order valence-electron chi connectivity index (χ2n) is 4.98. The van der Waals surface area contributed by atoms with Crippen LogP contribution >= 0.6 is 0 Å². The number of nitrogens with zero attached hydrogens (tertiary/aromatic N) is 1. The SMILES string of the molecule is CCN(CC)S(=O)(=O)CC(=O)Nc1cccc(CCC(=O)O)c1. The highest BCUT2D eigenvalue weighted by Gasteiger charge is 2.22. The number of sulfonamides is 1. The smallest absolute Gasteiger partial charge is 0.303 e. The van der Waals surface area contributed by atoms with Gasteiger partial charge >= 0.3 is 5.97 Å². The molecular weight excluding hydrogens is 320 g/mol. The maximum atomic E-state index is 12.0. The molecule has 2 N–H and O–H groups in total. The average Bonchev–Trinajstić information content (AvgIpc) is 2.45. The largest absolute Gasteiger partial charge is 0.481 e. The fourth-order valence-electron chi connectivity index (χ4n) is 2.13. The molecule has 1 rings (SSSR count). The summed E-state index contributed by atoms with van der Waals surface area (Å²) < 4.78 is 25.3. The van der Waals surface area contributed by atoms with Crippen LogP contribution in [-0.2, 0) is 26.0 Å². The van der Waals surface area contributed by atoms with Crippen LogP contribution < -0.4 is 5.32 Å². The van der Waals surface area contributed by atoms with E-state index in [9.17, 15) is 18.0 Å². The van der Waals surface area contributed by atoms with Gasteiger partial charge in [-0.05, 0) is 24.1 Å². The summed E-state index contributed by atoms with van der Waals surface area (Å²) in [6.45, 7) is 4.06. The molecule has 0 aliphatic carbocycles. The lowest BCUT2D eigenvalue weighted by atomic mass is 10.1. The van der Waals surface area contributed by atoms with E-state index in [4.69, 9.17) is 5.11 Å². The van der Waals surface area contributed by atoms with Crippen LogP contribution in [0.1, 0.15) is 25.8 Å². The average molecular weight is 342 g/mol. The van der Waals surface area contributed by atoms with Crippen molar-refractivity contribution in [3.05, 3.63) is 29.8 Å². The van der Waals surface area contributed by atoms with Gasteiger partial charge in [-0.1, -0.05) is 26.0 Å². The molecule has 0 saturated carbocycles. The van der Waals surface area contributed by atoms with E-state index < -0.39 is 27.7 Å². The number of amides is 1. The Bertz CT molecular complexity index is 654. The Morgan fingerprint density at radius 2 is 1.87 bits per heavy atom. The molecule has 0 aromatic heterocycles. The highest BCUT2D eigenvalue weighted by atomic mass is 32.2. The van der Waals surface area contributed by atoms with Crippen LogP contribution in [0, 0.1) is 0 Å². The van der Waals surface area contributed by atoms with Crippen LogP contribution in [0.5, 0.6) is 0 Å². The number of hydrogen-bond donors (Lipinski definition) is 2. The molecule has 0 saturated heterocycles. The van der Waals surface area contributed by atoms with Gasteiger partial charge in [-0.15, -0.1) is 0 Å². The van der Waals surface area contributed by atoms with Crippen molar-refractivity contribution in [2.24, 2.45) is 0 Å². The molecule has 0 fully saturated rings. The molecular formula is C15H22N2O5S. The molecule has 0 unspecified atom stereocenters. The normalized spacial score (nSPS) is 11.4. The highest BCUT2D eigenvalue weighted by Crippen LogP contribution is 2.13. The third-order valence-corrected chi connectivity index (χ3v) is 5.18. The predicted molar refractivity (Wildman–Crippen MR) is 87.7 cm³/mol. The minimum Gasteiger partial charge on any atom is -0.481 e. The number of hydrogen-bond acceptors (Lipinski definition) is 4. The number of rotatable bonds is 9. The zero-order chi connectivity index (χ0) is 17.5. The molecule has 0 bridgehead atoms. The van der Waals surface area contributed by atoms with Crippen LogP contribution in [-0.4, -0.2) is 48.5 Å². The summed E-state index contributed by atoms with van der Waals surface area (Å²) in [5.74, 6) is -2.13. The number of carboxylic acid groups (broad SMARTS) is 1. The lowest BCUT2D eigenvalue weighted by Gasteiger charge is -2.18. The minimum absolute atomic E-state index is 0.00621. The molecule has 7 nitrogen and oxygen atoms in total. The van der Waals surface area contributed by atoms with Crippen LogP contribution in [0.25, 0.3) is 0 Å². The van der Waals surface area contributed by atoms with Gasteiger partial charge in [-0.2, -0.15) is 0 Å². The predicted octanol–water partition coefficient (Wildman–Crippen LogP) is 1.31. The fraction of sp³-hybridized carbons (Fsp3) is 0.467. The van der Waals surface area contributed by atoms with Crippen LogP contribution in [0.15, 0.2) is 24.3 Å². The summed E-state index contributed by atoms with van der Waals surface area (Å²) in [5, 5.41) is 11.2. The van der Waals surface area contributed by atoms with E-state index in [1.165, 1.54) is 4.31 Å². The lowest BCUT2D eigenvalue weighted by Crippen LogP contribution is -2.36. The number of aryl methyl sites for hydroxylation is 1. The first-order valence-corrected chi connectivity index (χ1v) is 8.97. The van der Waals surface area contributed by atoms with Crippen LogP contribution in [0.4, 0.5) is 5.69 Å². The van der Waals surface area contributed by atoms with Gasteiger partial charge < -0.3 is 10.4 Å². The van der Waals surface area contributed by atoms with Gasteiger partial charge in [-0.25, -0.2) is 12.7 Å². The van der Waals surface area contributed by atoms with E-state index in [0.717, 1.165) is 5.56 Å². The molecule has 0 aliphatic rings. The van der Waals surface area contributed by atoms with Gasteiger partial charge in [0.1, 0.15) is 5.75 Å². The van der Waals surface area contributed by atoms with Gasteiger partial charge in [-0.3, -0.25) is 9.59 Å². The van der Waals surface area contributed by atoms with Crippen LogP contribution in [0.2, 0.25) is 0 Å². The molecule has 0 spiro atoms. The molecule has 8 heteroatoms. The van der Waals surface area contributed by atoms with E-state index >= 15 is 0 Å². The Labute approximate surface area is 136 Å². The van der Waals surface area contributed by atoms with Crippen molar-refractivity contribution < 1.29 is 23.1 Å². The molecule has 128 valence electrons. The summed E-state index contributed by atoms with van der Waals surface area (Å²) in [6, 6.07) is 6.72. The lowest BCUT2D eigenvalue weighted by molar-refractivity contribution is -0.137.